The zero-order valence-corrected chi connectivity index (χ0v) is 18.1. The molecule has 2 fully saturated rings. The molecule has 0 aromatic heterocycles. The lowest BCUT2D eigenvalue weighted by molar-refractivity contribution is -0.142. The molecule has 2 aliphatic rings. The van der Waals surface area contributed by atoms with E-state index < -0.39 is 11.9 Å². The van der Waals surface area contributed by atoms with Crippen LogP contribution in [-0.4, -0.2) is 23.0 Å². The van der Waals surface area contributed by atoms with Crippen LogP contribution in [0.4, 0.5) is 0 Å². The molecule has 0 radical (unpaired) electrons. The number of carboxylic acid groups (broad SMARTS) is 1. The van der Waals surface area contributed by atoms with Crippen LogP contribution in [0.2, 0.25) is 10.0 Å². The number of nitrogens with one attached hydrogen (secondary N) is 1. The van der Waals surface area contributed by atoms with Crippen LogP contribution in [0.25, 0.3) is 0 Å². The molecule has 0 bridgehead atoms. The highest BCUT2D eigenvalue weighted by Crippen LogP contribution is 2.47. The first-order valence-corrected chi connectivity index (χ1v) is 11.2. The zero-order valence-electron chi connectivity index (χ0n) is 16.6. The molecule has 6 heteroatoms. The van der Waals surface area contributed by atoms with Crippen molar-refractivity contribution in [3.8, 4) is 0 Å². The number of rotatable bonds is 6. The Morgan fingerprint density at radius 1 is 1.10 bits per heavy atom. The molecule has 2 aromatic carbocycles. The first-order valence-electron chi connectivity index (χ1n) is 10.5. The maximum Gasteiger partial charge on any atom is 0.304 e. The third kappa shape index (κ3) is 4.50. The largest absolute Gasteiger partial charge is 0.481 e. The van der Waals surface area contributed by atoms with E-state index in [2.05, 4.69) is 17.4 Å². The molecular formula is C24H25Cl2NO3. The monoisotopic (exact) mass is 445 g/mol. The molecule has 4 rings (SSSR count). The van der Waals surface area contributed by atoms with Gasteiger partial charge in [-0.3, -0.25) is 9.59 Å². The Morgan fingerprint density at radius 2 is 1.83 bits per heavy atom. The Balaban J connectivity index is 1.73. The minimum atomic E-state index is -0.952. The van der Waals surface area contributed by atoms with Gasteiger partial charge in [-0.2, -0.15) is 0 Å². The van der Waals surface area contributed by atoms with E-state index in [1.807, 2.05) is 36.4 Å². The molecule has 158 valence electrons. The Morgan fingerprint density at radius 3 is 2.43 bits per heavy atom. The number of benzene rings is 2. The third-order valence-electron chi connectivity index (χ3n) is 6.65. The summed E-state index contributed by atoms with van der Waals surface area (Å²) in [5.74, 6) is -1.04. The van der Waals surface area contributed by atoms with Gasteiger partial charge in [0.2, 0.25) is 5.91 Å². The molecule has 0 spiro atoms. The van der Waals surface area contributed by atoms with Crippen molar-refractivity contribution >= 4 is 35.1 Å². The zero-order chi connectivity index (χ0) is 21.3. The summed E-state index contributed by atoms with van der Waals surface area (Å²) in [4.78, 5) is 24.2. The van der Waals surface area contributed by atoms with Crippen LogP contribution in [0.3, 0.4) is 0 Å². The normalized spacial score (nSPS) is 25.3. The van der Waals surface area contributed by atoms with Crippen LogP contribution in [0.1, 0.15) is 55.1 Å². The van der Waals surface area contributed by atoms with E-state index in [1.54, 1.807) is 0 Å². The standard InChI is InChI=1S/C24H25Cl2NO3/c25-18-9-7-15(8-10-18)22(14-3-1-4-14)23-20(16-5-2-6-19(26)11-16)12-17(13-21(28)29)24(30)27-23/h2,5-11,14,17,20,22-23H,1,3-4,12-13H2,(H,27,30)(H,28,29)/t17-,20+,22?,23-/m0/s1. The van der Waals surface area contributed by atoms with Gasteiger partial charge in [-0.05, 0) is 60.6 Å². The van der Waals surface area contributed by atoms with E-state index >= 15 is 0 Å². The minimum Gasteiger partial charge on any atom is -0.481 e. The maximum atomic E-state index is 12.9. The molecular weight excluding hydrogens is 421 g/mol. The lowest BCUT2D eigenvalue weighted by atomic mass is 9.64. The number of carboxylic acids is 1. The molecule has 1 aliphatic carbocycles. The number of hydrogen-bond donors (Lipinski definition) is 2. The minimum absolute atomic E-state index is 0.00738. The quantitative estimate of drug-likeness (QED) is 0.604. The van der Waals surface area contributed by atoms with E-state index in [0.29, 0.717) is 22.4 Å². The maximum absolute atomic E-state index is 12.9. The van der Waals surface area contributed by atoms with E-state index in [-0.39, 0.29) is 30.2 Å². The van der Waals surface area contributed by atoms with Crippen LogP contribution in [-0.2, 0) is 9.59 Å². The summed E-state index contributed by atoms with van der Waals surface area (Å²) in [6.07, 6.45) is 3.78. The van der Waals surface area contributed by atoms with Crippen molar-refractivity contribution in [2.24, 2.45) is 11.8 Å². The Labute approximate surface area is 186 Å². The van der Waals surface area contributed by atoms with Gasteiger partial charge in [0.15, 0.2) is 0 Å². The summed E-state index contributed by atoms with van der Waals surface area (Å²) in [5, 5.41) is 13.8. The van der Waals surface area contributed by atoms with Crippen molar-refractivity contribution in [3.05, 3.63) is 69.7 Å². The fourth-order valence-corrected chi connectivity index (χ4v) is 5.33. The first kappa shape index (κ1) is 21.2. The molecule has 1 aliphatic heterocycles. The third-order valence-corrected chi connectivity index (χ3v) is 7.14. The summed E-state index contributed by atoms with van der Waals surface area (Å²) in [7, 11) is 0. The summed E-state index contributed by atoms with van der Waals surface area (Å²) >= 11 is 12.4. The van der Waals surface area contributed by atoms with E-state index in [1.165, 1.54) is 6.42 Å². The summed E-state index contributed by atoms with van der Waals surface area (Å²) in [6.45, 7) is 0. The molecule has 2 N–H and O–H groups in total. The van der Waals surface area contributed by atoms with Crippen molar-refractivity contribution in [1.29, 1.82) is 0 Å². The second kappa shape index (κ2) is 8.99. The second-order valence-electron chi connectivity index (χ2n) is 8.49. The van der Waals surface area contributed by atoms with Gasteiger partial charge in [-0.25, -0.2) is 0 Å². The van der Waals surface area contributed by atoms with Crippen LogP contribution >= 0.6 is 23.2 Å². The lowest BCUT2D eigenvalue weighted by Crippen LogP contribution is -2.53. The van der Waals surface area contributed by atoms with Gasteiger partial charge in [0.25, 0.3) is 0 Å². The Hall–Kier alpha value is -2.04. The van der Waals surface area contributed by atoms with Crippen molar-refractivity contribution in [2.45, 2.75) is 50.0 Å². The van der Waals surface area contributed by atoms with E-state index in [0.717, 1.165) is 24.0 Å². The topological polar surface area (TPSA) is 66.4 Å². The number of piperidine rings is 1. The molecule has 1 heterocycles. The van der Waals surface area contributed by atoms with Gasteiger partial charge in [-0.1, -0.05) is 53.9 Å². The molecule has 1 unspecified atom stereocenters. The van der Waals surface area contributed by atoms with Crippen molar-refractivity contribution in [2.75, 3.05) is 0 Å². The Bertz CT molecular complexity index is 926. The summed E-state index contributed by atoms with van der Waals surface area (Å²) < 4.78 is 0. The van der Waals surface area contributed by atoms with Gasteiger partial charge >= 0.3 is 5.97 Å². The van der Waals surface area contributed by atoms with Gasteiger partial charge in [0, 0.05) is 33.8 Å². The molecule has 4 atom stereocenters. The molecule has 4 nitrogen and oxygen atoms in total. The van der Waals surface area contributed by atoms with E-state index in [9.17, 15) is 14.7 Å². The summed E-state index contributed by atoms with van der Waals surface area (Å²) in [6, 6.07) is 15.5. The van der Waals surface area contributed by atoms with Crippen LogP contribution < -0.4 is 5.32 Å². The van der Waals surface area contributed by atoms with Crippen molar-refractivity contribution in [3.63, 3.8) is 0 Å². The van der Waals surface area contributed by atoms with Gasteiger partial charge in [0.1, 0.15) is 0 Å². The smallest absolute Gasteiger partial charge is 0.304 e. The second-order valence-corrected chi connectivity index (χ2v) is 9.37. The Kier molecular flexibility index (Phi) is 6.35. The molecule has 30 heavy (non-hydrogen) atoms. The molecule has 1 saturated heterocycles. The number of halogens is 2. The van der Waals surface area contributed by atoms with Crippen molar-refractivity contribution in [1.82, 2.24) is 5.32 Å². The van der Waals surface area contributed by atoms with Crippen LogP contribution in [0.5, 0.6) is 0 Å². The van der Waals surface area contributed by atoms with Crippen LogP contribution in [0, 0.1) is 11.8 Å². The molecule has 1 saturated carbocycles. The lowest BCUT2D eigenvalue weighted by Gasteiger charge is -2.46. The average Bonchev–Trinajstić information content (AvgIpc) is 2.66. The van der Waals surface area contributed by atoms with Crippen molar-refractivity contribution < 1.29 is 14.7 Å². The highest BCUT2D eigenvalue weighted by Gasteiger charge is 2.44. The molecule has 2 aromatic rings. The number of amides is 1. The predicted octanol–water partition coefficient (Wildman–Crippen LogP) is 5.64. The highest BCUT2D eigenvalue weighted by molar-refractivity contribution is 6.30. The fraction of sp³-hybridized carbons (Fsp3) is 0.417. The SMILES string of the molecule is O=C(O)C[C@@H]1C[C@H](c2cccc(Cl)c2)[C@@H](C(c2ccc(Cl)cc2)C2CCC2)NC1=O. The predicted molar refractivity (Wildman–Crippen MR) is 118 cm³/mol. The number of carbonyl (C=O) groups is 2. The number of hydrogen-bond acceptors (Lipinski definition) is 2. The van der Waals surface area contributed by atoms with Gasteiger partial charge in [0.05, 0.1) is 6.42 Å². The molecule has 1 amide bonds. The fourth-order valence-electron chi connectivity index (χ4n) is 5.01. The number of carbonyl (C=O) groups excluding carboxylic acids is 1. The first-order chi connectivity index (χ1) is 14.4. The van der Waals surface area contributed by atoms with E-state index in [4.69, 9.17) is 23.2 Å². The summed E-state index contributed by atoms with van der Waals surface area (Å²) in [5.41, 5.74) is 2.21. The highest BCUT2D eigenvalue weighted by atomic mass is 35.5. The van der Waals surface area contributed by atoms with Gasteiger partial charge < -0.3 is 10.4 Å². The van der Waals surface area contributed by atoms with Crippen LogP contribution in [0.15, 0.2) is 48.5 Å². The average molecular weight is 446 g/mol. The number of aliphatic carboxylic acids is 1. The van der Waals surface area contributed by atoms with Gasteiger partial charge in [-0.15, -0.1) is 0 Å².